The van der Waals surface area contributed by atoms with E-state index in [-0.39, 0.29) is 5.97 Å². The van der Waals surface area contributed by atoms with Gasteiger partial charge < -0.3 is 19.9 Å². The van der Waals surface area contributed by atoms with E-state index in [2.05, 4.69) is 58.3 Å². The fourth-order valence-corrected chi connectivity index (χ4v) is 4.10. The van der Waals surface area contributed by atoms with Crippen LogP contribution in [0.4, 0.5) is 17.1 Å². The van der Waals surface area contributed by atoms with Crippen LogP contribution in [-0.2, 0) is 4.74 Å². The predicted molar refractivity (Wildman–Crippen MR) is 126 cm³/mol. The van der Waals surface area contributed by atoms with Gasteiger partial charge in [0.1, 0.15) is 5.56 Å². The number of carbonyl (C=O) groups excluding carboxylic acids is 1. The van der Waals surface area contributed by atoms with E-state index < -0.39 is 0 Å². The number of piperazine rings is 1. The lowest BCUT2D eigenvalue weighted by Gasteiger charge is -2.39. The molecule has 1 aromatic heterocycles. The zero-order valence-corrected chi connectivity index (χ0v) is 18.7. The number of ether oxygens (including phenoxy) is 1. The minimum absolute atomic E-state index is 0.322. The largest absolute Gasteiger partial charge is 0.462 e. The quantitative estimate of drug-likeness (QED) is 0.611. The summed E-state index contributed by atoms with van der Waals surface area (Å²) >= 11 is 0. The monoisotopic (exact) mass is 418 g/mol. The van der Waals surface area contributed by atoms with Gasteiger partial charge in [0.25, 0.3) is 0 Å². The first kappa shape index (κ1) is 21.1. The molecule has 0 aliphatic carbocycles. The maximum Gasteiger partial charge on any atom is 0.342 e. The Labute approximate surface area is 183 Å². The minimum Gasteiger partial charge on any atom is -0.462 e. The number of likely N-dealkylation sites (N-methyl/N-ethyl adjacent to an activating group) is 1. The molecule has 1 saturated heterocycles. The van der Waals surface area contributed by atoms with Crippen molar-refractivity contribution in [3.8, 4) is 0 Å². The van der Waals surface area contributed by atoms with Crippen molar-refractivity contribution in [3.05, 3.63) is 59.8 Å². The number of rotatable bonds is 5. The molecule has 1 atom stereocenters. The summed E-state index contributed by atoms with van der Waals surface area (Å²) in [7, 11) is 2.18. The Balaban J connectivity index is 1.66. The second-order valence-corrected chi connectivity index (χ2v) is 8.13. The van der Waals surface area contributed by atoms with Gasteiger partial charge in [0.15, 0.2) is 0 Å². The number of anilines is 3. The first-order chi connectivity index (χ1) is 15.0. The Bertz CT molecular complexity index is 1080. The van der Waals surface area contributed by atoms with Crippen LogP contribution in [0.5, 0.6) is 0 Å². The summed E-state index contributed by atoms with van der Waals surface area (Å²) in [6, 6.07) is 16.8. The van der Waals surface area contributed by atoms with Crippen molar-refractivity contribution in [2.75, 3.05) is 43.5 Å². The average molecular weight is 419 g/mol. The molecule has 1 aliphatic rings. The van der Waals surface area contributed by atoms with Crippen LogP contribution in [0.3, 0.4) is 0 Å². The number of nitrogens with zero attached hydrogens (tertiary/aromatic N) is 3. The van der Waals surface area contributed by atoms with Crippen molar-refractivity contribution in [3.63, 3.8) is 0 Å². The maximum absolute atomic E-state index is 12.7. The normalized spacial score (nSPS) is 17.0. The fourth-order valence-electron chi connectivity index (χ4n) is 4.10. The number of benzene rings is 2. The molecule has 0 saturated carbocycles. The van der Waals surface area contributed by atoms with Crippen LogP contribution in [0.15, 0.2) is 48.5 Å². The molecule has 1 unspecified atom stereocenters. The summed E-state index contributed by atoms with van der Waals surface area (Å²) in [5, 5.41) is 4.37. The van der Waals surface area contributed by atoms with Crippen LogP contribution in [0.2, 0.25) is 0 Å². The highest BCUT2D eigenvalue weighted by Crippen LogP contribution is 2.32. The van der Waals surface area contributed by atoms with Crippen molar-refractivity contribution in [2.24, 2.45) is 0 Å². The van der Waals surface area contributed by atoms with Crippen molar-refractivity contribution >= 4 is 33.9 Å². The summed E-state index contributed by atoms with van der Waals surface area (Å²) in [4.78, 5) is 22.2. The van der Waals surface area contributed by atoms with Crippen LogP contribution in [0.25, 0.3) is 10.9 Å². The van der Waals surface area contributed by atoms with Crippen LogP contribution in [0.1, 0.15) is 29.9 Å². The molecule has 6 nitrogen and oxygen atoms in total. The van der Waals surface area contributed by atoms with E-state index in [0.717, 1.165) is 41.9 Å². The third-order valence-corrected chi connectivity index (χ3v) is 6.01. The first-order valence-electron chi connectivity index (χ1n) is 10.9. The molecule has 162 valence electrons. The number of hydrogen-bond acceptors (Lipinski definition) is 6. The summed E-state index contributed by atoms with van der Waals surface area (Å²) in [5.41, 5.74) is 4.86. The standard InChI is InChI=1S/C25H30N4O2/c1-5-31-25(30)23-18(3)26-22-9-7-6-8-21(22)24(23)27-19-10-12-20(13-11-19)29-15-14-28(4)17(2)16-29/h6-13,17H,5,14-16H2,1-4H3,(H,26,27). The number of fused-ring (bicyclic) bond motifs is 1. The molecular formula is C25H30N4O2. The maximum atomic E-state index is 12.7. The number of aryl methyl sites for hydroxylation is 1. The third-order valence-electron chi connectivity index (χ3n) is 6.01. The molecule has 1 aliphatic heterocycles. The van der Waals surface area contributed by atoms with Crippen molar-refractivity contribution in [1.82, 2.24) is 9.88 Å². The number of esters is 1. The number of para-hydroxylation sites is 1. The number of nitrogens with one attached hydrogen (secondary N) is 1. The van der Waals surface area contributed by atoms with Gasteiger partial charge in [-0.25, -0.2) is 4.79 Å². The third kappa shape index (κ3) is 4.35. The molecule has 31 heavy (non-hydrogen) atoms. The van der Waals surface area contributed by atoms with Crippen LogP contribution < -0.4 is 10.2 Å². The summed E-state index contributed by atoms with van der Waals surface area (Å²) in [6.45, 7) is 9.35. The van der Waals surface area contributed by atoms with Crippen molar-refractivity contribution in [1.29, 1.82) is 0 Å². The van der Waals surface area contributed by atoms with Gasteiger partial charge in [-0.1, -0.05) is 18.2 Å². The lowest BCUT2D eigenvalue weighted by atomic mass is 10.1. The van der Waals surface area contributed by atoms with Gasteiger partial charge in [-0.05, 0) is 58.2 Å². The van der Waals surface area contributed by atoms with Crippen LogP contribution in [0, 0.1) is 6.92 Å². The summed E-state index contributed by atoms with van der Waals surface area (Å²) < 4.78 is 5.32. The van der Waals surface area contributed by atoms with E-state index >= 15 is 0 Å². The lowest BCUT2D eigenvalue weighted by Crippen LogP contribution is -2.50. The Morgan fingerprint density at radius 3 is 2.61 bits per heavy atom. The highest BCUT2D eigenvalue weighted by atomic mass is 16.5. The molecule has 0 bridgehead atoms. The SMILES string of the molecule is CCOC(=O)c1c(C)nc2ccccc2c1Nc1ccc(N2CCN(C)C(C)C2)cc1. The molecular weight excluding hydrogens is 388 g/mol. The summed E-state index contributed by atoms with van der Waals surface area (Å²) in [5.74, 6) is -0.358. The fraction of sp³-hybridized carbons (Fsp3) is 0.360. The van der Waals surface area contributed by atoms with Gasteiger partial charge in [-0.2, -0.15) is 0 Å². The van der Waals surface area contributed by atoms with Crippen LogP contribution in [-0.4, -0.2) is 55.2 Å². The second kappa shape index (κ2) is 8.94. The average Bonchev–Trinajstić information content (AvgIpc) is 2.76. The number of hydrogen-bond donors (Lipinski definition) is 1. The van der Waals surface area contributed by atoms with Gasteiger partial charge in [0, 0.05) is 42.4 Å². The van der Waals surface area contributed by atoms with Gasteiger partial charge in [-0.15, -0.1) is 0 Å². The van der Waals surface area contributed by atoms with E-state index in [1.54, 1.807) is 0 Å². The number of aromatic nitrogens is 1. The van der Waals surface area contributed by atoms with E-state index in [1.807, 2.05) is 38.1 Å². The van der Waals surface area contributed by atoms with Gasteiger partial charge >= 0.3 is 5.97 Å². The molecule has 0 amide bonds. The molecule has 6 heteroatoms. The molecule has 1 fully saturated rings. The Kier molecular flexibility index (Phi) is 6.09. The Morgan fingerprint density at radius 1 is 1.16 bits per heavy atom. The minimum atomic E-state index is -0.358. The second-order valence-electron chi connectivity index (χ2n) is 8.13. The van der Waals surface area contributed by atoms with Gasteiger partial charge in [-0.3, -0.25) is 4.98 Å². The van der Waals surface area contributed by atoms with Crippen LogP contribution >= 0.6 is 0 Å². The van der Waals surface area contributed by atoms with Crippen molar-refractivity contribution in [2.45, 2.75) is 26.8 Å². The van der Waals surface area contributed by atoms with E-state index in [0.29, 0.717) is 23.9 Å². The molecule has 1 N–H and O–H groups in total. The highest BCUT2D eigenvalue weighted by molar-refractivity contribution is 6.07. The van der Waals surface area contributed by atoms with Crippen molar-refractivity contribution < 1.29 is 9.53 Å². The Hall–Kier alpha value is -3.12. The molecule has 2 aromatic carbocycles. The first-order valence-corrected chi connectivity index (χ1v) is 10.9. The molecule has 0 spiro atoms. The molecule has 4 rings (SSSR count). The topological polar surface area (TPSA) is 57.7 Å². The summed E-state index contributed by atoms with van der Waals surface area (Å²) in [6.07, 6.45) is 0. The zero-order valence-electron chi connectivity index (χ0n) is 18.7. The van der Waals surface area contributed by atoms with E-state index in [4.69, 9.17) is 4.74 Å². The molecule has 2 heterocycles. The number of pyridine rings is 1. The van der Waals surface area contributed by atoms with E-state index in [9.17, 15) is 4.79 Å². The zero-order chi connectivity index (χ0) is 22.0. The predicted octanol–water partition coefficient (Wildman–Crippen LogP) is 4.60. The lowest BCUT2D eigenvalue weighted by molar-refractivity contribution is 0.0526. The van der Waals surface area contributed by atoms with Gasteiger partial charge in [0.2, 0.25) is 0 Å². The van der Waals surface area contributed by atoms with Gasteiger partial charge in [0.05, 0.1) is 23.5 Å². The highest BCUT2D eigenvalue weighted by Gasteiger charge is 2.22. The number of carbonyl (C=O) groups is 1. The van der Waals surface area contributed by atoms with E-state index in [1.165, 1.54) is 5.69 Å². The smallest absolute Gasteiger partial charge is 0.342 e. The molecule has 3 aromatic rings. The Morgan fingerprint density at radius 2 is 1.90 bits per heavy atom. The molecule has 0 radical (unpaired) electrons.